The molecule has 1 fully saturated rings. The maximum absolute atomic E-state index is 5.67. The van der Waals surface area contributed by atoms with Crippen LogP contribution in [-0.4, -0.2) is 19.4 Å². The predicted molar refractivity (Wildman–Crippen MR) is 56.7 cm³/mol. The van der Waals surface area contributed by atoms with Crippen molar-refractivity contribution in [3.8, 4) is 0 Å². The zero-order valence-corrected chi connectivity index (χ0v) is 9.61. The Balaban J connectivity index is 2.22. The van der Waals surface area contributed by atoms with Crippen molar-refractivity contribution in [1.82, 2.24) is 0 Å². The van der Waals surface area contributed by atoms with Gasteiger partial charge in [-0.15, -0.1) is 0 Å². The van der Waals surface area contributed by atoms with Gasteiger partial charge in [0, 0.05) is 11.6 Å². The molecule has 0 aromatic carbocycles. The van der Waals surface area contributed by atoms with E-state index in [9.17, 15) is 0 Å². The van der Waals surface area contributed by atoms with Crippen LogP contribution in [0.15, 0.2) is 0 Å². The van der Waals surface area contributed by atoms with Crippen molar-refractivity contribution in [1.29, 1.82) is 0 Å². The van der Waals surface area contributed by atoms with Gasteiger partial charge in [-0.1, -0.05) is 20.3 Å². The highest BCUT2D eigenvalue weighted by molar-refractivity contribution is 7.47. The Morgan fingerprint density at radius 1 is 1.31 bits per heavy atom. The van der Waals surface area contributed by atoms with E-state index in [1.54, 1.807) is 0 Å². The second kappa shape index (κ2) is 5.29. The normalized spacial score (nSPS) is 34.8. The SMILES string of the molecule is [CH2]C1(CC)COP(CCCC)OC1. The van der Waals surface area contributed by atoms with Crippen LogP contribution in [0.4, 0.5) is 0 Å². The first-order valence-corrected chi connectivity index (χ1v) is 6.45. The van der Waals surface area contributed by atoms with E-state index in [2.05, 4.69) is 20.8 Å². The topological polar surface area (TPSA) is 18.5 Å². The summed E-state index contributed by atoms with van der Waals surface area (Å²) in [5.74, 6) is 0. The molecule has 1 radical (unpaired) electrons. The van der Waals surface area contributed by atoms with E-state index in [1.807, 2.05) is 0 Å². The maximum atomic E-state index is 5.67. The fraction of sp³-hybridized carbons (Fsp3) is 0.900. The molecule has 1 aliphatic rings. The average molecular weight is 203 g/mol. The van der Waals surface area contributed by atoms with Crippen molar-refractivity contribution in [3.63, 3.8) is 0 Å². The lowest BCUT2D eigenvalue weighted by Crippen LogP contribution is -2.31. The van der Waals surface area contributed by atoms with Crippen LogP contribution in [0.2, 0.25) is 0 Å². The van der Waals surface area contributed by atoms with E-state index in [-0.39, 0.29) is 5.41 Å². The first kappa shape index (κ1) is 11.4. The van der Waals surface area contributed by atoms with Gasteiger partial charge in [0.05, 0.1) is 13.2 Å². The Morgan fingerprint density at radius 2 is 1.92 bits per heavy atom. The molecule has 0 amide bonds. The summed E-state index contributed by atoms with van der Waals surface area (Å²) < 4.78 is 11.3. The molecule has 1 rings (SSSR count). The predicted octanol–water partition coefficient (Wildman–Crippen LogP) is 3.38. The summed E-state index contributed by atoms with van der Waals surface area (Å²) in [6.45, 7) is 10.0. The molecule has 0 bridgehead atoms. The van der Waals surface area contributed by atoms with Crippen LogP contribution in [0.25, 0.3) is 0 Å². The zero-order valence-electron chi connectivity index (χ0n) is 8.71. The third-order valence-electron chi connectivity index (χ3n) is 2.47. The summed E-state index contributed by atoms with van der Waals surface area (Å²) in [6.07, 6.45) is 4.55. The van der Waals surface area contributed by atoms with Crippen molar-refractivity contribution in [2.24, 2.45) is 5.41 Å². The standard InChI is InChI=1S/C10H20O2P/c1-4-6-7-13-11-8-10(3,5-2)9-12-13/h3-9H2,1-2H3. The van der Waals surface area contributed by atoms with Crippen LogP contribution in [0.5, 0.6) is 0 Å². The first-order valence-electron chi connectivity index (χ1n) is 5.09. The maximum Gasteiger partial charge on any atom is 0.170 e. The van der Waals surface area contributed by atoms with Gasteiger partial charge in [-0.3, -0.25) is 0 Å². The van der Waals surface area contributed by atoms with Gasteiger partial charge in [0.25, 0.3) is 0 Å². The Labute approximate surface area is 82.9 Å². The summed E-state index contributed by atoms with van der Waals surface area (Å²) in [5.41, 5.74) is 0.0189. The molecule has 0 spiro atoms. The molecule has 0 atom stereocenters. The molecule has 77 valence electrons. The van der Waals surface area contributed by atoms with Crippen LogP contribution in [0.3, 0.4) is 0 Å². The monoisotopic (exact) mass is 203 g/mol. The van der Waals surface area contributed by atoms with Crippen LogP contribution in [0.1, 0.15) is 33.1 Å². The third-order valence-corrected chi connectivity index (χ3v) is 3.99. The van der Waals surface area contributed by atoms with E-state index in [0.29, 0.717) is 0 Å². The number of hydrogen-bond acceptors (Lipinski definition) is 2. The van der Waals surface area contributed by atoms with Gasteiger partial charge in [-0.05, 0) is 19.8 Å². The highest BCUT2D eigenvalue weighted by Crippen LogP contribution is 2.47. The van der Waals surface area contributed by atoms with Gasteiger partial charge in [-0.2, -0.15) is 0 Å². The number of rotatable bonds is 4. The Hall–Kier alpha value is 0.350. The number of unbranched alkanes of at least 4 members (excludes halogenated alkanes) is 1. The lowest BCUT2D eigenvalue weighted by atomic mass is 9.90. The zero-order chi connectivity index (χ0) is 9.73. The van der Waals surface area contributed by atoms with E-state index in [0.717, 1.165) is 25.8 Å². The summed E-state index contributed by atoms with van der Waals surface area (Å²) in [7, 11) is -0.582. The highest BCUT2D eigenvalue weighted by atomic mass is 31.2. The van der Waals surface area contributed by atoms with E-state index >= 15 is 0 Å². The van der Waals surface area contributed by atoms with Crippen molar-refractivity contribution < 1.29 is 9.05 Å². The molecule has 0 aromatic heterocycles. The third kappa shape index (κ3) is 3.53. The second-order valence-electron chi connectivity index (χ2n) is 3.81. The van der Waals surface area contributed by atoms with Crippen molar-refractivity contribution in [3.05, 3.63) is 6.92 Å². The van der Waals surface area contributed by atoms with Crippen molar-refractivity contribution in [2.45, 2.75) is 33.1 Å². The quantitative estimate of drug-likeness (QED) is 0.652. The Bertz CT molecular complexity index is 142. The molecule has 1 aliphatic heterocycles. The van der Waals surface area contributed by atoms with Crippen LogP contribution in [0, 0.1) is 12.3 Å². The second-order valence-corrected chi connectivity index (χ2v) is 5.44. The van der Waals surface area contributed by atoms with E-state index in [1.165, 1.54) is 12.8 Å². The van der Waals surface area contributed by atoms with Gasteiger partial charge in [0.2, 0.25) is 0 Å². The molecule has 0 unspecified atom stereocenters. The van der Waals surface area contributed by atoms with Gasteiger partial charge in [0.15, 0.2) is 8.38 Å². The van der Waals surface area contributed by atoms with Crippen molar-refractivity contribution >= 4 is 8.38 Å². The van der Waals surface area contributed by atoms with Gasteiger partial charge >= 0.3 is 0 Å². The van der Waals surface area contributed by atoms with Crippen LogP contribution >= 0.6 is 8.38 Å². The lowest BCUT2D eigenvalue weighted by Gasteiger charge is -2.35. The first-order chi connectivity index (χ1) is 6.20. The van der Waals surface area contributed by atoms with Gasteiger partial charge < -0.3 is 9.05 Å². The Morgan fingerprint density at radius 3 is 2.38 bits per heavy atom. The molecule has 0 aromatic rings. The summed E-state index contributed by atoms with van der Waals surface area (Å²) in [4.78, 5) is 0. The molecule has 1 heterocycles. The summed E-state index contributed by atoms with van der Waals surface area (Å²) >= 11 is 0. The highest BCUT2D eigenvalue weighted by Gasteiger charge is 2.31. The molecular weight excluding hydrogens is 183 g/mol. The number of hydrogen-bond donors (Lipinski definition) is 0. The van der Waals surface area contributed by atoms with Gasteiger partial charge in [-0.25, -0.2) is 0 Å². The minimum absolute atomic E-state index is 0.0189. The summed E-state index contributed by atoms with van der Waals surface area (Å²) in [5, 5.41) is 0. The molecule has 1 saturated heterocycles. The molecule has 3 heteroatoms. The Kier molecular flexibility index (Phi) is 4.64. The fourth-order valence-corrected chi connectivity index (χ4v) is 2.86. The molecule has 0 N–H and O–H groups in total. The smallest absolute Gasteiger partial charge is 0.170 e. The van der Waals surface area contributed by atoms with E-state index < -0.39 is 8.38 Å². The van der Waals surface area contributed by atoms with Crippen LogP contribution in [-0.2, 0) is 9.05 Å². The van der Waals surface area contributed by atoms with Crippen LogP contribution < -0.4 is 0 Å². The van der Waals surface area contributed by atoms with E-state index in [4.69, 9.17) is 9.05 Å². The van der Waals surface area contributed by atoms with Crippen molar-refractivity contribution in [2.75, 3.05) is 19.4 Å². The van der Waals surface area contributed by atoms with Gasteiger partial charge in [0.1, 0.15) is 0 Å². The molecular formula is C10H20O2P. The molecule has 0 aliphatic carbocycles. The molecule has 13 heavy (non-hydrogen) atoms. The molecule has 2 nitrogen and oxygen atoms in total. The summed E-state index contributed by atoms with van der Waals surface area (Å²) in [6, 6.07) is 0. The minimum atomic E-state index is -0.582. The minimum Gasteiger partial charge on any atom is -0.333 e. The largest absolute Gasteiger partial charge is 0.333 e. The average Bonchev–Trinajstić information content (AvgIpc) is 2.17. The fourth-order valence-electron chi connectivity index (χ4n) is 1.12. The molecule has 0 saturated carbocycles. The lowest BCUT2D eigenvalue weighted by molar-refractivity contribution is 0.0642.